The lowest BCUT2D eigenvalue weighted by atomic mass is 10.5. The van der Waals surface area contributed by atoms with Crippen molar-refractivity contribution in [1.29, 1.82) is 0 Å². The molecule has 0 aromatic heterocycles. The van der Waals surface area contributed by atoms with Crippen LogP contribution < -0.4 is 9.73 Å². The van der Waals surface area contributed by atoms with E-state index in [9.17, 15) is 9.59 Å². The van der Waals surface area contributed by atoms with E-state index in [1.807, 2.05) is 0 Å². The van der Waals surface area contributed by atoms with E-state index in [2.05, 4.69) is 42.5 Å². The molecule has 1 aliphatic heterocycles. The third kappa shape index (κ3) is 3.16. The van der Waals surface area contributed by atoms with Crippen molar-refractivity contribution in [3.63, 3.8) is 0 Å². The van der Waals surface area contributed by atoms with E-state index in [1.54, 1.807) is 4.90 Å². The van der Waals surface area contributed by atoms with Crippen molar-refractivity contribution in [2.45, 2.75) is 0 Å². The molecule has 6 nitrogen and oxygen atoms in total. The summed E-state index contributed by atoms with van der Waals surface area (Å²) in [5.41, 5.74) is 2.92. The van der Waals surface area contributed by atoms with E-state index in [1.165, 1.54) is 5.01 Å². The summed E-state index contributed by atoms with van der Waals surface area (Å²) in [4.78, 5) is 23.9. The van der Waals surface area contributed by atoms with E-state index in [4.69, 9.17) is 0 Å². The Morgan fingerprint density at radius 2 is 2.00 bits per heavy atom. The minimum absolute atomic E-state index is 0.113. The number of carbonyl (C=O) groups is 2. The number of urea groups is 1. The maximum Gasteiger partial charge on any atom is 0.313 e. The molecule has 1 saturated heterocycles. The molecular weight excluding hydrogens is 214 g/mol. The number of nitrogens with zero attached hydrogens (tertiary/aromatic N) is 2. The second kappa shape index (κ2) is 5.60. The molecule has 1 rings (SSSR count). The average Bonchev–Trinajstić information content (AvgIpc) is 2.41. The van der Waals surface area contributed by atoms with Crippen LogP contribution in [0.5, 0.6) is 0 Å². The molecular formula is C6H10Al2N4O2. The lowest BCUT2D eigenvalue weighted by Crippen LogP contribution is -2.43. The topological polar surface area (TPSA) is 64.7 Å². The third-order valence-corrected chi connectivity index (χ3v) is 2.51. The number of rotatable bonds is 0. The largest absolute Gasteiger partial charge is 0.446 e. The van der Waals surface area contributed by atoms with Crippen LogP contribution in [0, 0.1) is 0 Å². The molecule has 72 valence electrons. The van der Waals surface area contributed by atoms with Crippen molar-refractivity contribution in [2.75, 3.05) is 26.2 Å². The summed E-state index contributed by atoms with van der Waals surface area (Å²) in [6, 6.07) is -0.144. The molecule has 0 spiro atoms. The van der Waals surface area contributed by atoms with Crippen molar-refractivity contribution in [3.8, 4) is 0 Å². The highest BCUT2D eigenvalue weighted by atomic mass is 27.1. The van der Waals surface area contributed by atoms with E-state index < -0.39 is 0 Å². The van der Waals surface area contributed by atoms with Gasteiger partial charge < -0.3 is 9.20 Å². The molecule has 1 aliphatic rings. The van der Waals surface area contributed by atoms with Gasteiger partial charge in [0.1, 0.15) is 4.77 Å². The van der Waals surface area contributed by atoms with E-state index in [0.717, 1.165) is 0 Å². The van der Waals surface area contributed by atoms with Gasteiger partial charge in [-0.3, -0.25) is 14.6 Å². The van der Waals surface area contributed by atoms with Crippen LogP contribution in [0.15, 0.2) is 0 Å². The first kappa shape index (κ1) is 11.8. The van der Waals surface area contributed by atoms with Crippen LogP contribution in [0.25, 0.3) is 0 Å². The summed E-state index contributed by atoms with van der Waals surface area (Å²) in [6.45, 7) is 2.21. The van der Waals surface area contributed by atoms with Gasteiger partial charge in [-0.2, -0.15) is 0 Å². The Bertz CT molecular complexity index is 238. The number of hydrazine groups is 1. The average molecular weight is 224 g/mol. The zero-order chi connectivity index (χ0) is 10.6. The predicted octanol–water partition coefficient (Wildman–Crippen LogP) is -1.81. The van der Waals surface area contributed by atoms with Gasteiger partial charge in [-0.25, -0.2) is 5.43 Å². The third-order valence-electron chi connectivity index (χ3n) is 1.95. The Balaban J connectivity index is 2.48. The Morgan fingerprint density at radius 1 is 1.29 bits per heavy atom. The van der Waals surface area contributed by atoms with Crippen LogP contribution in [-0.4, -0.2) is 79.7 Å². The molecule has 0 saturated carbocycles. The summed E-state index contributed by atoms with van der Waals surface area (Å²) in [5.74, 6) is 0. The van der Waals surface area contributed by atoms with Gasteiger partial charge in [0.2, 0.25) is 0 Å². The van der Waals surface area contributed by atoms with Gasteiger partial charge in [-0.05, 0) is 0 Å². The summed E-state index contributed by atoms with van der Waals surface area (Å²) >= 11 is 4.26. The first-order valence-electron chi connectivity index (χ1n) is 4.21. The molecule has 0 bridgehead atoms. The van der Waals surface area contributed by atoms with Crippen molar-refractivity contribution in [3.05, 3.63) is 0 Å². The number of nitrogens with one attached hydrogen (secondary N) is 2. The molecule has 14 heavy (non-hydrogen) atoms. The minimum atomic E-state index is -0.144. The molecule has 0 aliphatic carbocycles. The van der Waals surface area contributed by atoms with E-state index in [0.29, 0.717) is 26.2 Å². The predicted molar refractivity (Wildman–Crippen MR) is 51.7 cm³/mol. The van der Waals surface area contributed by atoms with Crippen LogP contribution in [0.1, 0.15) is 0 Å². The second-order valence-corrected chi connectivity index (χ2v) is 3.62. The Kier molecular flexibility index (Phi) is 4.73. The fourth-order valence-corrected chi connectivity index (χ4v) is 1.62. The molecule has 2 N–H and O–H groups in total. The number of carbonyl (C=O) groups excluding carboxylic acids is 2. The number of amides is 3. The molecule has 3 amide bonds. The molecule has 1 fully saturated rings. The Labute approximate surface area is 99.0 Å². The van der Waals surface area contributed by atoms with Crippen LogP contribution in [0.3, 0.4) is 0 Å². The molecule has 0 unspecified atom stereocenters. The second-order valence-electron chi connectivity index (χ2n) is 2.83. The van der Waals surface area contributed by atoms with Crippen molar-refractivity contribution < 1.29 is 9.59 Å². The molecule has 4 radical (unpaired) electrons. The van der Waals surface area contributed by atoms with Crippen LogP contribution in [0.2, 0.25) is 0 Å². The molecule has 0 atom stereocenters. The number of hydrogen-bond donors (Lipinski definition) is 2. The number of hydrogen-bond acceptors (Lipinski definition) is 3. The van der Waals surface area contributed by atoms with Crippen molar-refractivity contribution >= 4 is 43.6 Å². The highest BCUT2D eigenvalue weighted by Crippen LogP contribution is 1.95. The quantitative estimate of drug-likeness (QED) is 0.477. The minimum Gasteiger partial charge on any atom is -0.446 e. The summed E-state index contributed by atoms with van der Waals surface area (Å²) in [7, 11) is 0. The normalized spacial score (nSPS) is 17.4. The van der Waals surface area contributed by atoms with Gasteiger partial charge in [-0.15, -0.1) is 0 Å². The van der Waals surface area contributed by atoms with Crippen molar-refractivity contribution in [1.82, 2.24) is 19.6 Å². The SMILES string of the molecule is O=C([NH][Al])N1CCNN([C](=O)[Al])CC1. The van der Waals surface area contributed by atoms with Gasteiger partial charge in [0.15, 0.2) is 0 Å². The van der Waals surface area contributed by atoms with E-state index >= 15 is 0 Å². The molecule has 0 aromatic rings. The fourth-order valence-electron chi connectivity index (χ4n) is 1.21. The molecule has 8 heteroatoms. The zero-order valence-corrected chi connectivity index (χ0v) is 10.0. The van der Waals surface area contributed by atoms with Gasteiger partial charge in [0.25, 0.3) is 22.3 Å². The highest BCUT2D eigenvalue weighted by molar-refractivity contribution is 6.56. The molecule has 1 heterocycles. The standard InChI is InChI=1S/C6H11N4O2.2Al/c7-6(12)9-2-1-8-10(5-11)4-3-9;;/h8H,1-4H2,(H2,7,12);;/q;;+1/p-1. The van der Waals surface area contributed by atoms with Gasteiger partial charge in [-0.1, -0.05) is 0 Å². The Morgan fingerprint density at radius 3 is 2.57 bits per heavy atom. The highest BCUT2D eigenvalue weighted by Gasteiger charge is 2.17. The summed E-state index contributed by atoms with van der Waals surface area (Å²) in [5, 5.41) is 1.49. The maximum absolute atomic E-state index is 11.3. The van der Waals surface area contributed by atoms with Gasteiger partial charge >= 0.3 is 16.5 Å². The smallest absolute Gasteiger partial charge is 0.313 e. The maximum atomic E-state index is 11.3. The van der Waals surface area contributed by atoms with Crippen molar-refractivity contribution in [2.24, 2.45) is 0 Å². The van der Waals surface area contributed by atoms with E-state index in [-0.39, 0.29) is 10.8 Å². The fraction of sp³-hybridized carbons (Fsp3) is 0.667. The first-order chi connectivity index (χ1) is 6.65. The zero-order valence-electron chi connectivity index (χ0n) is 7.69. The van der Waals surface area contributed by atoms with Gasteiger partial charge in [0.05, 0.1) is 6.54 Å². The lowest BCUT2D eigenvalue weighted by molar-refractivity contribution is 0.195. The summed E-state index contributed by atoms with van der Waals surface area (Å²) < 4.78 is 2.36. The van der Waals surface area contributed by atoms with Crippen LogP contribution in [0.4, 0.5) is 9.59 Å². The summed E-state index contributed by atoms with van der Waals surface area (Å²) in [6.07, 6.45) is 0. The van der Waals surface area contributed by atoms with Gasteiger partial charge in [0, 0.05) is 19.6 Å². The van der Waals surface area contributed by atoms with Crippen LogP contribution >= 0.6 is 0 Å². The molecule has 0 aromatic carbocycles. The monoisotopic (exact) mass is 224 g/mol. The lowest BCUT2D eigenvalue weighted by Gasteiger charge is -2.21. The Hall–Kier alpha value is -0.235. The van der Waals surface area contributed by atoms with Crippen LogP contribution in [-0.2, 0) is 0 Å². The first-order valence-corrected chi connectivity index (χ1v) is 5.36.